The molecule has 1 aromatic carbocycles. The van der Waals surface area contributed by atoms with Crippen molar-refractivity contribution in [2.45, 2.75) is 35.9 Å². The number of benzene rings is 1. The normalized spacial score (nSPS) is 15.1. The molecule has 2 aromatic rings. The fourth-order valence-electron chi connectivity index (χ4n) is 3.31. The number of hydrogen-bond donors (Lipinski definition) is 2. The standard InChI is InChI=1S/C20H23F2N3O4S2/c21-14-5-6-16(17(22)13-14)20(27)23-9-1-3-18(26)25-10-7-15(8-11-25)24-31(28,29)19-4-2-12-30-19/h2,4-6,12-13,15,24H,1,3,7-11H2,(H,23,27). The van der Waals surface area contributed by atoms with E-state index in [9.17, 15) is 26.8 Å². The molecule has 1 aromatic heterocycles. The molecule has 0 atom stereocenters. The van der Waals surface area contributed by atoms with Crippen LogP contribution in [0.3, 0.4) is 0 Å². The third-order valence-corrected chi connectivity index (χ3v) is 7.88. The van der Waals surface area contributed by atoms with Crippen LogP contribution in [0.2, 0.25) is 0 Å². The largest absolute Gasteiger partial charge is 0.352 e. The Kier molecular flexibility index (Phi) is 7.74. The molecule has 1 fully saturated rings. The molecule has 0 spiro atoms. The topological polar surface area (TPSA) is 95.6 Å². The summed E-state index contributed by atoms with van der Waals surface area (Å²) in [4.78, 5) is 26.0. The summed E-state index contributed by atoms with van der Waals surface area (Å²) >= 11 is 1.15. The maximum Gasteiger partial charge on any atom is 0.254 e. The van der Waals surface area contributed by atoms with E-state index in [1.54, 1.807) is 22.4 Å². The predicted molar refractivity (Wildman–Crippen MR) is 112 cm³/mol. The van der Waals surface area contributed by atoms with Gasteiger partial charge < -0.3 is 10.2 Å². The number of nitrogens with one attached hydrogen (secondary N) is 2. The maximum atomic E-state index is 13.6. The van der Waals surface area contributed by atoms with E-state index < -0.39 is 27.6 Å². The summed E-state index contributed by atoms with van der Waals surface area (Å²) in [6, 6.07) is 5.73. The first-order valence-corrected chi connectivity index (χ1v) is 12.2. The number of carbonyl (C=O) groups excluding carboxylic acids is 2. The summed E-state index contributed by atoms with van der Waals surface area (Å²) < 4.78 is 54.0. The zero-order valence-electron chi connectivity index (χ0n) is 16.6. The van der Waals surface area contributed by atoms with Crippen LogP contribution in [0.25, 0.3) is 0 Å². The van der Waals surface area contributed by atoms with Gasteiger partial charge in [0, 0.05) is 38.2 Å². The minimum atomic E-state index is -3.53. The molecule has 2 amide bonds. The number of hydrogen-bond acceptors (Lipinski definition) is 5. The Balaban J connectivity index is 1.37. The highest BCUT2D eigenvalue weighted by Gasteiger charge is 2.27. The summed E-state index contributed by atoms with van der Waals surface area (Å²) in [5.41, 5.74) is -0.250. The Labute approximate surface area is 183 Å². The van der Waals surface area contributed by atoms with Crippen molar-refractivity contribution in [3.05, 3.63) is 52.9 Å². The van der Waals surface area contributed by atoms with Crippen molar-refractivity contribution in [1.29, 1.82) is 0 Å². The lowest BCUT2D eigenvalue weighted by atomic mass is 10.1. The van der Waals surface area contributed by atoms with Crippen LogP contribution in [0.15, 0.2) is 39.9 Å². The minimum Gasteiger partial charge on any atom is -0.352 e. The van der Waals surface area contributed by atoms with Crippen molar-refractivity contribution in [2.75, 3.05) is 19.6 Å². The third-order valence-electron chi connectivity index (χ3n) is 4.96. The number of nitrogens with zero attached hydrogens (tertiary/aromatic N) is 1. The van der Waals surface area contributed by atoms with Crippen LogP contribution in [-0.4, -0.2) is 50.8 Å². The summed E-state index contributed by atoms with van der Waals surface area (Å²) in [5.74, 6) is -2.44. The molecule has 0 unspecified atom stereocenters. The van der Waals surface area contributed by atoms with Gasteiger partial charge in [-0.25, -0.2) is 21.9 Å². The number of carbonyl (C=O) groups is 2. The number of thiophene rings is 1. The minimum absolute atomic E-state index is 0.0817. The van der Waals surface area contributed by atoms with E-state index in [-0.39, 0.29) is 34.7 Å². The van der Waals surface area contributed by atoms with Crippen LogP contribution < -0.4 is 10.0 Å². The van der Waals surface area contributed by atoms with Crippen LogP contribution in [0.4, 0.5) is 8.78 Å². The summed E-state index contributed by atoms with van der Waals surface area (Å²) in [6.45, 7) is 1.08. The number of likely N-dealkylation sites (tertiary alicyclic amines) is 1. The van der Waals surface area contributed by atoms with Crippen molar-refractivity contribution < 1.29 is 26.8 Å². The first-order chi connectivity index (χ1) is 14.8. The Morgan fingerprint density at radius 3 is 2.55 bits per heavy atom. The van der Waals surface area contributed by atoms with Crippen LogP contribution in [0.5, 0.6) is 0 Å². The van der Waals surface area contributed by atoms with Gasteiger partial charge in [-0.3, -0.25) is 9.59 Å². The number of rotatable bonds is 8. The molecule has 2 heterocycles. The molecule has 3 rings (SSSR count). The zero-order valence-corrected chi connectivity index (χ0v) is 18.3. The molecule has 1 saturated heterocycles. The van der Waals surface area contributed by atoms with Crippen LogP contribution in [0.1, 0.15) is 36.0 Å². The fourth-order valence-corrected chi connectivity index (χ4v) is 5.62. The van der Waals surface area contributed by atoms with E-state index in [4.69, 9.17) is 0 Å². The highest BCUT2D eigenvalue weighted by molar-refractivity contribution is 7.91. The molecule has 1 aliphatic heterocycles. The number of sulfonamides is 1. The molecule has 0 radical (unpaired) electrons. The van der Waals surface area contributed by atoms with Crippen molar-refractivity contribution in [1.82, 2.24) is 14.9 Å². The number of piperidine rings is 1. The predicted octanol–water partition coefficient (Wildman–Crippen LogP) is 2.51. The second-order valence-corrected chi connectivity index (χ2v) is 10.1. The van der Waals surface area contributed by atoms with Crippen LogP contribution >= 0.6 is 11.3 Å². The smallest absolute Gasteiger partial charge is 0.254 e. The van der Waals surface area contributed by atoms with E-state index in [1.807, 2.05) is 0 Å². The molecule has 0 saturated carbocycles. The molecule has 1 aliphatic rings. The van der Waals surface area contributed by atoms with Crippen LogP contribution in [0, 0.1) is 11.6 Å². The molecule has 11 heteroatoms. The second kappa shape index (κ2) is 10.3. The Morgan fingerprint density at radius 2 is 1.90 bits per heavy atom. The lowest BCUT2D eigenvalue weighted by Gasteiger charge is -2.32. The average Bonchev–Trinajstić information content (AvgIpc) is 3.27. The SMILES string of the molecule is O=C(NCCCC(=O)N1CCC(NS(=O)(=O)c2cccs2)CC1)c1ccc(F)cc1F. The van der Waals surface area contributed by atoms with Gasteiger partial charge in [-0.1, -0.05) is 6.07 Å². The summed E-state index contributed by atoms with van der Waals surface area (Å²) in [7, 11) is -3.53. The molecule has 2 N–H and O–H groups in total. The quantitative estimate of drug-likeness (QED) is 0.579. The van der Waals surface area contributed by atoms with Crippen molar-refractivity contribution in [3.8, 4) is 0 Å². The van der Waals surface area contributed by atoms with Gasteiger partial charge in [-0.05, 0) is 42.8 Å². The van der Waals surface area contributed by atoms with Crippen molar-refractivity contribution in [2.24, 2.45) is 0 Å². The average molecular weight is 472 g/mol. The van der Waals surface area contributed by atoms with E-state index in [0.29, 0.717) is 38.4 Å². The molecular weight excluding hydrogens is 448 g/mol. The van der Waals surface area contributed by atoms with E-state index >= 15 is 0 Å². The fraction of sp³-hybridized carbons (Fsp3) is 0.400. The highest BCUT2D eigenvalue weighted by Crippen LogP contribution is 2.19. The summed E-state index contributed by atoms with van der Waals surface area (Å²) in [6.07, 6.45) is 1.63. The van der Waals surface area contributed by atoms with Crippen molar-refractivity contribution in [3.63, 3.8) is 0 Å². The molecule has 31 heavy (non-hydrogen) atoms. The maximum absolute atomic E-state index is 13.6. The Morgan fingerprint density at radius 1 is 1.16 bits per heavy atom. The Hall–Kier alpha value is -2.37. The number of amides is 2. The van der Waals surface area contributed by atoms with Gasteiger partial charge in [-0.15, -0.1) is 11.3 Å². The number of halogens is 2. The van der Waals surface area contributed by atoms with Gasteiger partial charge in [0.05, 0.1) is 5.56 Å². The lowest BCUT2D eigenvalue weighted by Crippen LogP contribution is -2.46. The highest BCUT2D eigenvalue weighted by atomic mass is 32.2. The monoisotopic (exact) mass is 471 g/mol. The molecular formula is C20H23F2N3O4S2. The first-order valence-electron chi connectivity index (χ1n) is 9.83. The summed E-state index contributed by atoms with van der Waals surface area (Å²) in [5, 5.41) is 4.22. The molecule has 0 aliphatic carbocycles. The van der Waals surface area contributed by atoms with E-state index in [1.165, 1.54) is 0 Å². The van der Waals surface area contributed by atoms with Gasteiger partial charge in [-0.2, -0.15) is 0 Å². The molecule has 0 bridgehead atoms. The third kappa shape index (κ3) is 6.31. The zero-order chi connectivity index (χ0) is 22.4. The van der Waals surface area contributed by atoms with E-state index in [0.717, 1.165) is 23.5 Å². The van der Waals surface area contributed by atoms with Gasteiger partial charge in [0.2, 0.25) is 15.9 Å². The van der Waals surface area contributed by atoms with Crippen LogP contribution in [-0.2, 0) is 14.8 Å². The molecule has 168 valence electrons. The van der Waals surface area contributed by atoms with Gasteiger partial charge in [0.1, 0.15) is 15.8 Å². The van der Waals surface area contributed by atoms with Crippen molar-refractivity contribution >= 4 is 33.2 Å². The van der Waals surface area contributed by atoms with E-state index in [2.05, 4.69) is 10.0 Å². The van der Waals surface area contributed by atoms with Gasteiger partial charge in [0.15, 0.2) is 0 Å². The Bertz CT molecular complexity index is 1020. The second-order valence-electron chi connectivity index (χ2n) is 7.19. The lowest BCUT2D eigenvalue weighted by molar-refractivity contribution is -0.132. The first kappa shape index (κ1) is 23.3. The van der Waals surface area contributed by atoms with Gasteiger partial charge in [0.25, 0.3) is 5.91 Å². The molecule has 7 nitrogen and oxygen atoms in total. The van der Waals surface area contributed by atoms with Gasteiger partial charge >= 0.3 is 0 Å².